The lowest BCUT2D eigenvalue weighted by Gasteiger charge is -2.12. The third-order valence-corrected chi connectivity index (χ3v) is 4.85. The van der Waals surface area contributed by atoms with Crippen LogP contribution in [0, 0.1) is 0 Å². The van der Waals surface area contributed by atoms with E-state index in [1.807, 2.05) is 6.92 Å². The zero-order valence-electron chi connectivity index (χ0n) is 13.8. The molecule has 1 aliphatic heterocycles. The zero-order valence-corrected chi connectivity index (χ0v) is 16.2. The Balaban J connectivity index is 2.33. The largest absolute Gasteiger partial charge is 0.493 e. The third kappa shape index (κ3) is 4.35. The molecule has 0 radical (unpaired) electrons. The number of carbonyl (C=O) groups is 3. The summed E-state index contributed by atoms with van der Waals surface area (Å²) in [6.07, 6.45) is 1.56. The molecule has 7 nitrogen and oxygen atoms in total. The number of carbonyl (C=O) groups excluding carboxylic acids is 3. The molecule has 0 unspecified atom stereocenters. The molecule has 9 heteroatoms. The van der Waals surface area contributed by atoms with E-state index >= 15 is 0 Å². The number of ether oxygens (including phenoxy) is 3. The average molecular weight is 430 g/mol. The predicted octanol–water partition coefficient (Wildman–Crippen LogP) is 3.07. The van der Waals surface area contributed by atoms with E-state index in [0.29, 0.717) is 28.1 Å². The molecule has 2 amide bonds. The SMILES string of the molecule is CCOc1cc(Br)c(C=C2SC(=O)N(CC(=O)OC)C2=O)cc1OC. The Labute approximate surface area is 157 Å². The Hall–Kier alpha value is -2.00. The maximum atomic E-state index is 12.3. The quantitative estimate of drug-likeness (QED) is 0.507. The van der Waals surface area contributed by atoms with Crippen LogP contribution in [0.2, 0.25) is 0 Å². The van der Waals surface area contributed by atoms with Crippen molar-refractivity contribution in [2.24, 2.45) is 0 Å². The normalized spacial score (nSPS) is 15.7. The summed E-state index contributed by atoms with van der Waals surface area (Å²) in [4.78, 5) is 36.7. The van der Waals surface area contributed by atoms with Gasteiger partial charge in [0.2, 0.25) is 0 Å². The van der Waals surface area contributed by atoms with Gasteiger partial charge in [0, 0.05) is 4.47 Å². The van der Waals surface area contributed by atoms with Gasteiger partial charge in [0.05, 0.1) is 25.7 Å². The topological polar surface area (TPSA) is 82.1 Å². The van der Waals surface area contributed by atoms with Crippen LogP contribution < -0.4 is 9.47 Å². The van der Waals surface area contributed by atoms with E-state index in [2.05, 4.69) is 20.7 Å². The number of rotatable bonds is 6. The number of nitrogens with zero attached hydrogens (tertiary/aromatic N) is 1. The fourth-order valence-corrected chi connectivity index (χ4v) is 3.33. The molecular weight excluding hydrogens is 414 g/mol. The number of hydrogen-bond donors (Lipinski definition) is 0. The molecular formula is C16H16BrNO6S. The molecule has 1 aliphatic rings. The van der Waals surface area contributed by atoms with E-state index < -0.39 is 23.7 Å². The van der Waals surface area contributed by atoms with Crippen LogP contribution in [0.15, 0.2) is 21.5 Å². The molecule has 1 aromatic rings. The molecule has 1 fully saturated rings. The molecule has 0 aromatic heterocycles. The number of halogens is 1. The summed E-state index contributed by atoms with van der Waals surface area (Å²) < 4.78 is 15.9. The smallest absolute Gasteiger partial charge is 0.325 e. The number of methoxy groups -OCH3 is 2. The van der Waals surface area contributed by atoms with Gasteiger partial charge in [-0.25, -0.2) is 0 Å². The van der Waals surface area contributed by atoms with Gasteiger partial charge >= 0.3 is 5.97 Å². The van der Waals surface area contributed by atoms with E-state index in [9.17, 15) is 14.4 Å². The van der Waals surface area contributed by atoms with Crippen LogP contribution in [0.1, 0.15) is 12.5 Å². The molecule has 0 aliphatic carbocycles. The van der Waals surface area contributed by atoms with Crippen molar-refractivity contribution in [1.82, 2.24) is 4.90 Å². The van der Waals surface area contributed by atoms with Crippen molar-refractivity contribution in [2.45, 2.75) is 6.92 Å². The highest BCUT2D eigenvalue weighted by Crippen LogP contribution is 2.37. The molecule has 0 atom stereocenters. The van der Waals surface area contributed by atoms with Crippen molar-refractivity contribution >= 4 is 50.9 Å². The highest BCUT2D eigenvalue weighted by molar-refractivity contribution is 9.10. The van der Waals surface area contributed by atoms with Gasteiger partial charge in [-0.3, -0.25) is 19.3 Å². The minimum Gasteiger partial charge on any atom is -0.493 e. The Kier molecular flexibility index (Phi) is 6.49. The van der Waals surface area contributed by atoms with Crippen LogP contribution >= 0.6 is 27.7 Å². The Bertz CT molecular complexity index is 748. The lowest BCUT2D eigenvalue weighted by molar-refractivity contribution is -0.143. The average Bonchev–Trinajstić information content (AvgIpc) is 2.84. The minimum absolute atomic E-state index is 0.209. The maximum Gasteiger partial charge on any atom is 0.325 e. The summed E-state index contributed by atoms with van der Waals surface area (Å²) in [5, 5.41) is -0.518. The van der Waals surface area contributed by atoms with Crippen LogP contribution in [0.4, 0.5) is 4.79 Å². The molecule has 25 heavy (non-hydrogen) atoms. The molecule has 0 bridgehead atoms. The molecule has 0 spiro atoms. The third-order valence-electron chi connectivity index (χ3n) is 3.26. The van der Waals surface area contributed by atoms with E-state index in [-0.39, 0.29) is 4.91 Å². The first kappa shape index (κ1) is 19.3. The number of esters is 1. The highest BCUT2D eigenvalue weighted by atomic mass is 79.9. The van der Waals surface area contributed by atoms with Crippen molar-refractivity contribution in [1.29, 1.82) is 0 Å². The van der Waals surface area contributed by atoms with Gasteiger partial charge in [-0.1, -0.05) is 15.9 Å². The molecule has 134 valence electrons. The van der Waals surface area contributed by atoms with Gasteiger partial charge in [0.1, 0.15) is 6.54 Å². The Morgan fingerprint density at radius 2 is 2.00 bits per heavy atom. The summed E-state index contributed by atoms with van der Waals surface area (Å²) in [6.45, 7) is 1.93. The van der Waals surface area contributed by atoms with Crippen LogP contribution in [0.5, 0.6) is 11.5 Å². The van der Waals surface area contributed by atoms with Crippen molar-refractivity contribution in [3.8, 4) is 11.5 Å². The summed E-state index contributed by atoms with van der Waals surface area (Å²) in [5.74, 6) is -0.134. The van der Waals surface area contributed by atoms with Crippen molar-refractivity contribution in [3.05, 3.63) is 27.1 Å². The fraction of sp³-hybridized carbons (Fsp3) is 0.312. The van der Waals surface area contributed by atoms with Crippen LogP contribution in [-0.2, 0) is 14.3 Å². The second-order valence-electron chi connectivity index (χ2n) is 4.80. The second-order valence-corrected chi connectivity index (χ2v) is 6.65. The van der Waals surface area contributed by atoms with Gasteiger partial charge < -0.3 is 14.2 Å². The van der Waals surface area contributed by atoms with Crippen LogP contribution in [0.25, 0.3) is 6.08 Å². The monoisotopic (exact) mass is 429 g/mol. The van der Waals surface area contributed by atoms with E-state index in [0.717, 1.165) is 16.7 Å². The van der Waals surface area contributed by atoms with E-state index in [4.69, 9.17) is 9.47 Å². The first-order valence-electron chi connectivity index (χ1n) is 7.23. The van der Waals surface area contributed by atoms with Gasteiger partial charge in [-0.05, 0) is 42.5 Å². The van der Waals surface area contributed by atoms with Crippen molar-refractivity contribution in [3.63, 3.8) is 0 Å². The van der Waals surface area contributed by atoms with Crippen LogP contribution in [-0.4, -0.2) is 49.4 Å². The number of thioether (sulfide) groups is 1. The molecule has 0 N–H and O–H groups in total. The first-order valence-corrected chi connectivity index (χ1v) is 8.84. The van der Waals surface area contributed by atoms with E-state index in [1.165, 1.54) is 14.2 Å². The van der Waals surface area contributed by atoms with Gasteiger partial charge in [-0.15, -0.1) is 0 Å². The highest BCUT2D eigenvalue weighted by Gasteiger charge is 2.36. The Morgan fingerprint density at radius 1 is 1.28 bits per heavy atom. The van der Waals surface area contributed by atoms with Gasteiger partial charge in [0.15, 0.2) is 11.5 Å². The fourth-order valence-electron chi connectivity index (χ4n) is 2.06. The second kappa shape index (κ2) is 8.39. The van der Waals surface area contributed by atoms with Gasteiger partial charge in [-0.2, -0.15) is 0 Å². The molecule has 2 rings (SSSR count). The van der Waals surface area contributed by atoms with Crippen LogP contribution in [0.3, 0.4) is 0 Å². The Morgan fingerprint density at radius 3 is 2.60 bits per heavy atom. The maximum absolute atomic E-state index is 12.3. The first-order chi connectivity index (χ1) is 11.9. The summed E-state index contributed by atoms with van der Waals surface area (Å²) in [7, 11) is 2.71. The van der Waals surface area contributed by atoms with Gasteiger partial charge in [0.25, 0.3) is 11.1 Å². The predicted molar refractivity (Wildman–Crippen MR) is 96.6 cm³/mol. The van der Waals surface area contributed by atoms with Crippen molar-refractivity contribution < 1.29 is 28.6 Å². The number of hydrogen-bond acceptors (Lipinski definition) is 7. The molecule has 1 saturated heterocycles. The summed E-state index contributed by atoms with van der Waals surface area (Å²) >= 11 is 4.18. The minimum atomic E-state index is -0.660. The lowest BCUT2D eigenvalue weighted by Crippen LogP contribution is -2.34. The number of amides is 2. The lowest BCUT2D eigenvalue weighted by atomic mass is 10.2. The summed E-state index contributed by atoms with van der Waals surface area (Å²) in [6, 6.07) is 3.43. The molecule has 0 saturated carbocycles. The molecule has 1 heterocycles. The summed E-state index contributed by atoms with van der Waals surface area (Å²) in [5.41, 5.74) is 0.642. The number of imide groups is 1. The zero-order chi connectivity index (χ0) is 18.6. The number of benzene rings is 1. The molecule has 1 aromatic carbocycles. The van der Waals surface area contributed by atoms with E-state index in [1.54, 1.807) is 18.2 Å². The van der Waals surface area contributed by atoms with Crippen molar-refractivity contribution in [2.75, 3.05) is 27.4 Å². The standard InChI is InChI=1S/C16H16BrNO6S/c1-4-24-12-7-10(17)9(5-11(12)22-2)6-13-15(20)18(16(21)25-13)8-14(19)23-3/h5-7H,4,8H2,1-3H3.